The molecule has 0 radical (unpaired) electrons. The van der Waals surface area contributed by atoms with Crippen LogP contribution < -0.4 is 0 Å². The summed E-state index contributed by atoms with van der Waals surface area (Å²) in [6, 6.07) is 0. The van der Waals surface area contributed by atoms with E-state index in [1.165, 1.54) is 20.9 Å². The van der Waals surface area contributed by atoms with E-state index in [0.29, 0.717) is 0 Å². The SMILES string of the molecule is CCS([SiH3])(CC)OC. The molecule has 0 bridgehead atoms. The van der Waals surface area contributed by atoms with E-state index in [4.69, 9.17) is 4.18 Å². The Labute approximate surface area is 56.4 Å². The topological polar surface area (TPSA) is 9.23 Å². The van der Waals surface area contributed by atoms with E-state index in [9.17, 15) is 0 Å². The molecule has 0 spiro atoms. The van der Waals surface area contributed by atoms with Crippen molar-refractivity contribution < 1.29 is 4.18 Å². The first kappa shape index (κ1) is 8.53. The van der Waals surface area contributed by atoms with E-state index in [2.05, 4.69) is 13.8 Å². The number of rotatable bonds is 3. The van der Waals surface area contributed by atoms with Gasteiger partial charge in [0.25, 0.3) is 0 Å². The van der Waals surface area contributed by atoms with Crippen molar-refractivity contribution in [3.63, 3.8) is 0 Å². The fraction of sp³-hybridized carbons (Fsp3) is 1.00. The van der Waals surface area contributed by atoms with Crippen LogP contribution in [0.1, 0.15) is 13.8 Å². The molecule has 0 fully saturated rings. The van der Waals surface area contributed by atoms with Crippen molar-refractivity contribution in [2.75, 3.05) is 18.6 Å². The lowest BCUT2D eigenvalue weighted by Crippen LogP contribution is -2.06. The smallest absolute Gasteiger partial charge is 0.0785 e. The zero-order chi connectivity index (χ0) is 6.62. The van der Waals surface area contributed by atoms with E-state index < -0.39 is 9.76 Å². The van der Waals surface area contributed by atoms with E-state index in [0.717, 1.165) is 0 Å². The highest BCUT2D eigenvalue weighted by atomic mass is 32.5. The summed E-state index contributed by atoms with van der Waals surface area (Å²) in [6.45, 7) is 4.44. The van der Waals surface area contributed by atoms with Crippen molar-refractivity contribution in [1.29, 1.82) is 0 Å². The average molecular weight is 152 g/mol. The summed E-state index contributed by atoms with van der Waals surface area (Å²) in [5.41, 5.74) is 0. The van der Waals surface area contributed by atoms with Crippen molar-refractivity contribution >= 4 is 19.2 Å². The summed E-state index contributed by atoms with van der Waals surface area (Å²) in [4.78, 5) is 0. The van der Waals surface area contributed by atoms with Crippen LogP contribution in [0.4, 0.5) is 0 Å². The van der Waals surface area contributed by atoms with Crippen molar-refractivity contribution in [2.45, 2.75) is 13.8 Å². The third kappa shape index (κ3) is 2.20. The molecule has 0 aromatic rings. The van der Waals surface area contributed by atoms with Crippen LogP contribution in [0.5, 0.6) is 0 Å². The Bertz CT molecular complexity index is 55.2. The van der Waals surface area contributed by atoms with Gasteiger partial charge in [0.2, 0.25) is 0 Å². The molecule has 8 heavy (non-hydrogen) atoms. The van der Waals surface area contributed by atoms with Gasteiger partial charge in [-0.15, -0.1) is 0 Å². The molecule has 52 valence electrons. The highest BCUT2D eigenvalue weighted by molar-refractivity contribution is 8.46. The van der Waals surface area contributed by atoms with Crippen molar-refractivity contribution in [2.24, 2.45) is 0 Å². The van der Waals surface area contributed by atoms with E-state index in [1.807, 2.05) is 7.11 Å². The molecule has 0 aromatic heterocycles. The minimum Gasteiger partial charge on any atom is -0.346 e. The minimum absolute atomic E-state index is 0.514. The Morgan fingerprint density at radius 1 is 1.38 bits per heavy atom. The first-order valence-electron chi connectivity index (χ1n) is 2.97. The molecule has 1 nitrogen and oxygen atoms in total. The van der Waals surface area contributed by atoms with E-state index >= 15 is 0 Å². The van der Waals surface area contributed by atoms with Gasteiger partial charge in [-0.1, -0.05) is 13.8 Å². The van der Waals surface area contributed by atoms with Crippen LogP contribution in [-0.2, 0) is 4.18 Å². The summed E-state index contributed by atoms with van der Waals surface area (Å²) < 4.78 is 5.38. The molecule has 0 saturated carbocycles. The van der Waals surface area contributed by atoms with Gasteiger partial charge in [-0.2, -0.15) is 9.76 Å². The van der Waals surface area contributed by atoms with Gasteiger partial charge in [0, 0.05) is 7.11 Å². The monoisotopic (exact) mass is 152 g/mol. The van der Waals surface area contributed by atoms with Gasteiger partial charge in [-0.25, -0.2) is 0 Å². The highest BCUT2D eigenvalue weighted by Crippen LogP contribution is 2.41. The maximum Gasteiger partial charge on any atom is 0.0785 e. The molecular formula is C5H16OSSi. The lowest BCUT2D eigenvalue weighted by molar-refractivity contribution is 0.474. The van der Waals surface area contributed by atoms with Crippen molar-refractivity contribution in [1.82, 2.24) is 0 Å². The lowest BCUT2D eigenvalue weighted by Gasteiger charge is -2.31. The molecular weight excluding hydrogens is 136 g/mol. The van der Waals surface area contributed by atoms with Crippen LogP contribution in [0.25, 0.3) is 0 Å². The molecule has 0 saturated heterocycles. The molecule has 0 heterocycles. The van der Waals surface area contributed by atoms with Crippen molar-refractivity contribution in [3.05, 3.63) is 0 Å². The summed E-state index contributed by atoms with van der Waals surface area (Å²) in [5, 5.41) is 0. The molecule has 3 heteroatoms. The zero-order valence-corrected chi connectivity index (χ0v) is 9.05. The second-order valence-corrected chi connectivity index (χ2v) is 10.2. The first-order chi connectivity index (χ1) is 3.68. The summed E-state index contributed by atoms with van der Waals surface area (Å²) >= 11 is 0. The van der Waals surface area contributed by atoms with Crippen LogP contribution in [0.15, 0.2) is 0 Å². The molecule has 0 rings (SSSR count). The fourth-order valence-electron chi connectivity index (χ4n) is 0.440. The van der Waals surface area contributed by atoms with E-state index in [-0.39, 0.29) is 0 Å². The Morgan fingerprint density at radius 3 is 1.75 bits per heavy atom. The van der Waals surface area contributed by atoms with Crippen LogP contribution in [0.2, 0.25) is 0 Å². The first-order valence-corrected chi connectivity index (χ1v) is 7.73. The molecule has 0 N–H and O–H groups in total. The Balaban J connectivity index is 3.58. The maximum absolute atomic E-state index is 5.38. The summed E-state index contributed by atoms with van der Waals surface area (Å²) in [5.74, 6) is 2.48. The zero-order valence-electron chi connectivity index (χ0n) is 6.23. The molecule has 0 aliphatic carbocycles. The second-order valence-electron chi connectivity index (χ2n) is 1.93. The predicted molar refractivity (Wildman–Crippen MR) is 45.6 cm³/mol. The van der Waals surface area contributed by atoms with Gasteiger partial charge in [-0.3, -0.25) is 0 Å². The maximum atomic E-state index is 5.38. The normalized spacial score (nSPS) is 14.4. The van der Waals surface area contributed by atoms with Crippen LogP contribution in [-0.4, -0.2) is 28.0 Å². The molecule has 0 amide bonds. The van der Waals surface area contributed by atoms with Gasteiger partial charge < -0.3 is 4.18 Å². The Kier molecular flexibility index (Phi) is 3.77. The van der Waals surface area contributed by atoms with E-state index in [1.54, 1.807) is 0 Å². The second kappa shape index (κ2) is 3.53. The van der Waals surface area contributed by atoms with Gasteiger partial charge in [0.15, 0.2) is 0 Å². The van der Waals surface area contributed by atoms with Gasteiger partial charge in [0.1, 0.15) is 0 Å². The lowest BCUT2D eigenvalue weighted by atomic mass is 11.0. The largest absolute Gasteiger partial charge is 0.346 e. The third-order valence-electron chi connectivity index (χ3n) is 1.62. The molecule has 0 aliphatic heterocycles. The van der Waals surface area contributed by atoms with Gasteiger partial charge in [-0.05, 0) is 11.5 Å². The average Bonchev–Trinajstić information content (AvgIpc) is 1.87. The Hall–Kier alpha value is 0.527. The predicted octanol–water partition coefficient (Wildman–Crippen LogP) is 0.673. The highest BCUT2D eigenvalue weighted by Gasteiger charge is 2.09. The molecule has 0 atom stereocenters. The number of hydrogen-bond donors (Lipinski definition) is 0. The number of hydrogen-bond acceptors (Lipinski definition) is 1. The van der Waals surface area contributed by atoms with Crippen LogP contribution in [0.3, 0.4) is 0 Å². The van der Waals surface area contributed by atoms with Gasteiger partial charge >= 0.3 is 0 Å². The van der Waals surface area contributed by atoms with Crippen LogP contribution >= 0.6 is 9.76 Å². The van der Waals surface area contributed by atoms with Crippen molar-refractivity contribution in [3.8, 4) is 0 Å². The fourth-order valence-corrected chi connectivity index (χ4v) is 1.32. The standard InChI is InChI=1S/C5H16OSSi/c1-4-7(8,5-2)6-3/h4-5H2,1-3,8H3. The quantitative estimate of drug-likeness (QED) is 0.540. The van der Waals surface area contributed by atoms with Crippen LogP contribution in [0, 0.1) is 0 Å². The summed E-state index contributed by atoms with van der Waals surface area (Å²) in [7, 11) is 2.56. The molecule has 0 unspecified atom stereocenters. The molecule has 0 aromatic carbocycles. The summed E-state index contributed by atoms with van der Waals surface area (Å²) in [6.07, 6.45) is 0. The van der Waals surface area contributed by atoms with Gasteiger partial charge in [0.05, 0.1) is 9.39 Å². The third-order valence-corrected chi connectivity index (χ3v) is 9.34. The Morgan fingerprint density at radius 2 is 1.75 bits per heavy atom. The molecule has 0 aliphatic rings. The minimum atomic E-state index is -0.514.